The van der Waals surface area contributed by atoms with Gasteiger partial charge in [0, 0.05) is 31.4 Å². The van der Waals surface area contributed by atoms with Crippen LogP contribution in [0.4, 0.5) is 0 Å². The molecule has 0 amide bonds. The van der Waals surface area contributed by atoms with E-state index in [1.54, 1.807) is 20.4 Å². The van der Waals surface area contributed by atoms with Gasteiger partial charge in [-0.2, -0.15) is 0 Å². The van der Waals surface area contributed by atoms with Gasteiger partial charge in [-0.3, -0.25) is 9.98 Å². The number of methoxy groups -OCH3 is 2. The average molecular weight is 342 g/mol. The van der Waals surface area contributed by atoms with Crippen LogP contribution in [0.1, 0.15) is 17.7 Å². The fourth-order valence-electron chi connectivity index (χ4n) is 2.47. The van der Waals surface area contributed by atoms with Gasteiger partial charge in [0.15, 0.2) is 5.96 Å². The molecule has 2 rings (SSSR count). The number of aromatic nitrogens is 1. The van der Waals surface area contributed by atoms with Gasteiger partial charge in [0.25, 0.3) is 0 Å². The molecule has 0 aliphatic rings. The zero-order chi connectivity index (χ0) is 17.9. The normalized spacial score (nSPS) is 11.2. The highest BCUT2D eigenvalue weighted by Crippen LogP contribution is 2.24. The Balaban J connectivity index is 1.73. The Labute approximate surface area is 149 Å². The first-order chi connectivity index (χ1) is 12.2. The summed E-state index contributed by atoms with van der Waals surface area (Å²) in [5.74, 6) is 2.16. The van der Waals surface area contributed by atoms with Crippen LogP contribution in [0, 0.1) is 0 Å². The second kappa shape index (κ2) is 10.2. The number of rotatable bonds is 9. The summed E-state index contributed by atoms with van der Waals surface area (Å²) >= 11 is 0. The maximum Gasteiger partial charge on any atom is 0.188 e. The number of nitrogens with two attached hydrogens (primary N) is 1. The first kappa shape index (κ1) is 18.6. The Bertz CT molecular complexity index is 674. The molecule has 6 nitrogen and oxygen atoms in total. The molecule has 2 aromatic rings. The van der Waals surface area contributed by atoms with Crippen LogP contribution in [0.15, 0.2) is 47.6 Å². The second-order valence-electron chi connectivity index (χ2n) is 5.55. The minimum absolute atomic E-state index is 0.466. The molecule has 6 heteroatoms. The third kappa shape index (κ3) is 6.33. The number of nitrogens with zero attached hydrogens (tertiary/aromatic N) is 2. The van der Waals surface area contributed by atoms with Gasteiger partial charge in [0.2, 0.25) is 0 Å². The third-order valence-electron chi connectivity index (χ3n) is 3.79. The number of hydrogen-bond donors (Lipinski definition) is 2. The van der Waals surface area contributed by atoms with Crippen LogP contribution in [0.25, 0.3) is 0 Å². The van der Waals surface area contributed by atoms with E-state index in [0.717, 1.165) is 48.6 Å². The molecule has 0 saturated heterocycles. The lowest BCUT2D eigenvalue weighted by molar-refractivity contribution is 0.398. The van der Waals surface area contributed by atoms with Crippen molar-refractivity contribution in [1.29, 1.82) is 0 Å². The van der Waals surface area contributed by atoms with E-state index >= 15 is 0 Å². The zero-order valence-corrected chi connectivity index (χ0v) is 14.9. The molecule has 134 valence electrons. The van der Waals surface area contributed by atoms with Gasteiger partial charge in [0.1, 0.15) is 11.5 Å². The Kier molecular flexibility index (Phi) is 7.56. The molecule has 0 spiro atoms. The molecule has 0 unspecified atom stereocenters. The monoisotopic (exact) mass is 342 g/mol. The molecule has 0 radical (unpaired) electrons. The van der Waals surface area contributed by atoms with E-state index in [9.17, 15) is 0 Å². The zero-order valence-electron chi connectivity index (χ0n) is 14.9. The van der Waals surface area contributed by atoms with Crippen LogP contribution in [0.3, 0.4) is 0 Å². The molecule has 3 N–H and O–H groups in total. The van der Waals surface area contributed by atoms with Crippen LogP contribution < -0.4 is 20.5 Å². The van der Waals surface area contributed by atoms with Crippen molar-refractivity contribution in [3.63, 3.8) is 0 Å². The molecule has 0 atom stereocenters. The molecule has 0 fully saturated rings. The van der Waals surface area contributed by atoms with Crippen LogP contribution in [-0.4, -0.2) is 38.3 Å². The number of pyridine rings is 1. The summed E-state index contributed by atoms with van der Waals surface area (Å²) in [6.45, 7) is 1.37. The smallest absolute Gasteiger partial charge is 0.188 e. The first-order valence-electron chi connectivity index (χ1n) is 8.37. The minimum Gasteiger partial charge on any atom is -0.497 e. The summed E-state index contributed by atoms with van der Waals surface area (Å²) in [4.78, 5) is 8.63. The van der Waals surface area contributed by atoms with Crippen molar-refractivity contribution >= 4 is 5.96 Å². The molecule has 25 heavy (non-hydrogen) atoms. The number of hydrogen-bond acceptors (Lipinski definition) is 4. The van der Waals surface area contributed by atoms with E-state index in [1.807, 2.05) is 36.4 Å². The number of guanidine groups is 1. The van der Waals surface area contributed by atoms with Gasteiger partial charge in [-0.25, -0.2) is 0 Å². The molecule has 0 aliphatic heterocycles. The lowest BCUT2D eigenvalue weighted by Gasteiger charge is -2.10. The lowest BCUT2D eigenvalue weighted by Crippen LogP contribution is -2.33. The van der Waals surface area contributed by atoms with E-state index in [0.29, 0.717) is 12.5 Å². The van der Waals surface area contributed by atoms with Gasteiger partial charge in [-0.15, -0.1) is 0 Å². The second-order valence-corrected chi connectivity index (χ2v) is 5.55. The van der Waals surface area contributed by atoms with Crippen molar-refractivity contribution in [2.45, 2.75) is 19.3 Å². The van der Waals surface area contributed by atoms with Gasteiger partial charge in [-0.1, -0.05) is 6.07 Å². The Morgan fingerprint density at radius 3 is 2.76 bits per heavy atom. The quantitative estimate of drug-likeness (QED) is 0.415. The van der Waals surface area contributed by atoms with Gasteiger partial charge in [-0.05, 0) is 48.7 Å². The molecular weight excluding hydrogens is 316 g/mol. The van der Waals surface area contributed by atoms with Gasteiger partial charge < -0.3 is 20.5 Å². The highest BCUT2D eigenvalue weighted by Gasteiger charge is 2.04. The van der Waals surface area contributed by atoms with Crippen molar-refractivity contribution in [2.75, 3.05) is 27.3 Å². The van der Waals surface area contributed by atoms with E-state index in [-0.39, 0.29) is 0 Å². The summed E-state index contributed by atoms with van der Waals surface area (Å²) in [5.41, 5.74) is 8.04. The van der Waals surface area contributed by atoms with Gasteiger partial charge in [0.05, 0.1) is 14.2 Å². The van der Waals surface area contributed by atoms with E-state index in [1.165, 1.54) is 0 Å². The highest BCUT2D eigenvalue weighted by molar-refractivity contribution is 5.77. The number of aryl methyl sites for hydroxylation is 1. The standard InChI is InChI=1S/C19H26N4O2/c1-24-17-8-9-18(25-2)15(14-17)6-5-12-22-19(20)23-13-10-16-7-3-4-11-21-16/h3-4,7-9,11,14H,5-6,10,12-13H2,1-2H3,(H3,20,22,23). The van der Waals surface area contributed by atoms with Crippen LogP contribution in [0.2, 0.25) is 0 Å². The van der Waals surface area contributed by atoms with Crippen molar-refractivity contribution in [2.24, 2.45) is 10.7 Å². The Morgan fingerprint density at radius 1 is 1.16 bits per heavy atom. The number of aliphatic imine (C=N–C) groups is 1. The molecule has 0 saturated carbocycles. The predicted molar refractivity (Wildman–Crippen MR) is 100 cm³/mol. The van der Waals surface area contributed by atoms with Crippen molar-refractivity contribution in [1.82, 2.24) is 10.3 Å². The number of benzene rings is 1. The fraction of sp³-hybridized carbons (Fsp3) is 0.368. The maximum atomic E-state index is 5.89. The molecule has 1 aromatic carbocycles. The molecule has 1 heterocycles. The average Bonchev–Trinajstić information content (AvgIpc) is 2.66. The predicted octanol–water partition coefficient (Wildman–Crippen LogP) is 2.18. The Hall–Kier alpha value is -2.76. The molecule has 0 aliphatic carbocycles. The van der Waals surface area contributed by atoms with Gasteiger partial charge >= 0.3 is 0 Å². The summed E-state index contributed by atoms with van der Waals surface area (Å²) in [7, 11) is 3.33. The summed E-state index contributed by atoms with van der Waals surface area (Å²) in [6, 6.07) is 11.7. The van der Waals surface area contributed by atoms with E-state index in [4.69, 9.17) is 15.2 Å². The SMILES string of the molecule is COc1ccc(OC)c(CCCN=C(N)NCCc2ccccn2)c1. The van der Waals surface area contributed by atoms with Crippen molar-refractivity contribution in [3.05, 3.63) is 53.9 Å². The lowest BCUT2D eigenvalue weighted by atomic mass is 10.1. The van der Waals surface area contributed by atoms with Crippen LogP contribution in [-0.2, 0) is 12.8 Å². The third-order valence-corrected chi connectivity index (χ3v) is 3.79. The highest BCUT2D eigenvalue weighted by atomic mass is 16.5. The summed E-state index contributed by atoms with van der Waals surface area (Å²) in [6.07, 6.45) is 4.34. The fourth-order valence-corrected chi connectivity index (χ4v) is 2.47. The summed E-state index contributed by atoms with van der Waals surface area (Å²) < 4.78 is 10.6. The molecular formula is C19H26N4O2. The number of nitrogens with one attached hydrogen (secondary N) is 1. The Morgan fingerprint density at radius 2 is 2.04 bits per heavy atom. The van der Waals surface area contributed by atoms with Crippen LogP contribution in [0.5, 0.6) is 11.5 Å². The molecule has 0 bridgehead atoms. The topological polar surface area (TPSA) is 81.8 Å². The largest absolute Gasteiger partial charge is 0.497 e. The van der Waals surface area contributed by atoms with Crippen molar-refractivity contribution in [3.8, 4) is 11.5 Å². The maximum absolute atomic E-state index is 5.89. The first-order valence-corrected chi connectivity index (χ1v) is 8.37. The van der Waals surface area contributed by atoms with E-state index < -0.39 is 0 Å². The summed E-state index contributed by atoms with van der Waals surface area (Å²) in [5, 5.41) is 3.11. The number of ether oxygens (including phenoxy) is 2. The minimum atomic E-state index is 0.466. The molecule has 1 aromatic heterocycles. The van der Waals surface area contributed by atoms with Crippen molar-refractivity contribution < 1.29 is 9.47 Å². The van der Waals surface area contributed by atoms with Crippen LogP contribution >= 0.6 is 0 Å². The van der Waals surface area contributed by atoms with E-state index in [2.05, 4.69) is 15.3 Å².